The first kappa shape index (κ1) is 11.3. The van der Waals surface area contributed by atoms with E-state index in [0.717, 1.165) is 13.0 Å². The summed E-state index contributed by atoms with van der Waals surface area (Å²) in [6, 6.07) is 1.30. The number of rotatable bonds is 1. The highest BCUT2D eigenvalue weighted by Gasteiger charge is 2.28. The second-order valence-electron chi connectivity index (χ2n) is 5.85. The number of aryl methyl sites for hydroxylation is 1. The van der Waals surface area contributed by atoms with Crippen LogP contribution < -0.4 is 0 Å². The van der Waals surface area contributed by atoms with Gasteiger partial charge in [0.2, 0.25) is 0 Å². The van der Waals surface area contributed by atoms with Crippen LogP contribution in [-0.4, -0.2) is 27.0 Å². The maximum Gasteiger partial charge on any atom is 0.109 e. The van der Waals surface area contributed by atoms with Gasteiger partial charge in [-0.2, -0.15) is 0 Å². The van der Waals surface area contributed by atoms with Gasteiger partial charge in [-0.1, -0.05) is 0 Å². The van der Waals surface area contributed by atoms with Crippen molar-refractivity contribution in [2.24, 2.45) is 0 Å². The lowest BCUT2D eigenvalue weighted by molar-refractivity contribution is 0.194. The van der Waals surface area contributed by atoms with E-state index < -0.39 is 0 Å². The molecular weight excluding hydrogens is 210 g/mol. The summed E-state index contributed by atoms with van der Waals surface area (Å²) < 4.78 is 2.54. The zero-order chi connectivity index (χ0) is 12.0. The van der Waals surface area contributed by atoms with Crippen molar-refractivity contribution in [3.05, 3.63) is 17.2 Å². The van der Waals surface area contributed by atoms with Gasteiger partial charge in [-0.15, -0.1) is 0 Å². The lowest BCUT2D eigenvalue weighted by Crippen LogP contribution is -2.37. The smallest absolute Gasteiger partial charge is 0.109 e. The Bertz CT molecular complexity index is 419. The molecule has 0 saturated carbocycles. The fourth-order valence-corrected chi connectivity index (χ4v) is 3.28. The van der Waals surface area contributed by atoms with Gasteiger partial charge in [0.15, 0.2) is 0 Å². The van der Waals surface area contributed by atoms with Gasteiger partial charge in [0.25, 0.3) is 0 Å². The normalized spacial score (nSPS) is 24.8. The van der Waals surface area contributed by atoms with Crippen molar-refractivity contribution < 1.29 is 0 Å². The van der Waals surface area contributed by atoms with E-state index in [1.54, 1.807) is 0 Å². The van der Waals surface area contributed by atoms with Crippen LogP contribution in [0.25, 0.3) is 0 Å². The molecule has 0 saturated heterocycles. The Kier molecular flexibility index (Phi) is 2.74. The maximum atomic E-state index is 4.87. The average Bonchev–Trinajstić information content (AvgIpc) is 2.67. The van der Waals surface area contributed by atoms with Gasteiger partial charge >= 0.3 is 0 Å². The Morgan fingerprint density at radius 2 is 2.12 bits per heavy atom. The van der Waals surface area contributed by atoms with Crippen LogP contribution in [0, 0.1) is 0 Å². The van der Waals surface area contributed by atoms with Gasteiger partial charge in [-0.3, -0.25) is 4.90 Å². The first-order valence-corrected chi connectivity index (χ1v) is 6.99. The minimum absolute atomic E-state index is 0.646. The predicted octanol–water partition coefficient (Wildman–Crippen LogP) is 2.55. The maximum absolute atomic E-state index is 4.87. The van der Waals surface area contributed by atoms with Crippen LogP contribution in [0.3, 0.4) is 0 Å². The van der Waals surface area contributed by atoms with Gasteiger partial charge in [-0.25, -0.2) is 4.98 Å². The van der Waals surface area contributed by atoms with Crippen molar-refractivity contribution in [3.8, 4) is 0 Å². The zero-order valence-corrected chi connectivity index (χ0v) is 11.2. The molecule has 94 valence electrons. The lowest BCUT2D eigenvalue weighted by atomic mass is 10.0. The topological polar surface area (TPSA) is 21.1 Å². The molecular formula is C14H23N3. The van der Waals surface area contributed by atoms with Gasteiger partial charge < -0.3 is 4.57 Å². The quantitative estimate of drug-likeness (QED) is 0.743. The molecule has 17 heavy (non-hydrogen) atoms. The van der Waals surface area contributed by atoms with Crippen LogP contribution in [0.2, 0.25) is 0 Å². The SMILES string of the molecule is CC(C)N1CCc2nc3n(c2C1)C(C)CCC3. The first-order chi connectivity index (χ1) is 8.16. The Hall–Kier alpha value is -0.830. The largest absolute Gasteiger partial charge is 0.328 e. The monoisotopic (exact) mass is 233 g/mol. The minimum Gasteiger partial charge on any atom is -0.328 e. The van der Waals surface area contributed by atoms with Crippen LogP contribution in [0.1, 0.15) is 56.9 Å². The zero-order valence-electron chi connectivity index (χ0n) is 11.2. The van der Waals surface area contributed by atoms with Gasteiger partial charge in [0.05, 0.1) is 11.4 Å². The molecule has 1 aromatic rings. The van der Waals surface area contributed by atoms with Crippen molar-refractivity contribution in [2.75, 3.05) is 6.54 Å². The van der Waals surface area contributed by atoms with E-state index in [1.165, 1.54) is 43.0 Å². The highest BCUT2D eigenvalue weighted by molar-refractivity contribution is 5.22. The summed E-state index contributed by atoms with van der Waals surface area (Å²) in [4.78, 5) is 7.44. The molecule has 3 heterocycles. The molecule has 3 rings (SSSR count). The number of hydrogen-bond acceptors (Lipinski definition) is 2. The number of imidazole rings is 1. The molecule has 2 aliphatic heterocycles. The molecule has 3 nitrogen and oxygen atoms in total. The fourth-order valence-electron chi connectivity index (χ4n) is 3.28. The third-order valence-corrected chi connectivity index (χ3v) is 4.35. The van der Waals surface area contributed by atoms with E-state index in [2.05, 4.69) is 30.2 Å². The van der Waals surface area contributed by atoms with E-state index in [1.807, 2.05) is 0 Å². The van der Waals surface area contributed by atoms with Crippen molar-refractivity contribution in [2.45, 2.75) is 65.1 Å². The lowest BCUT2D eigenvalue weighted by Gasteiger charge is -2.32. The van der Waals surface area contributed by atoms with Gasteiger partial charge in [-0.05, 0) is 33.6 Å². The van der Waals surface area contributed by atoms with E-state index in [9.17, 15) is 0 Å². The number of nitrogens with zero attached hydrogens (tertiary/aromatic N) is 3. The van der Waals surface area contributed by atoms with E-state index in [-0.39, 0.29) is 0 Å². The Morgan fingerprint density at radius 3 is 2.88 bits per heavy atom. The second-order valence-corrected chi connectivity index (χ2v) is 5.85. The van der Waals surface area contributed by atoms with E-state index >= 15 is 0 Å². The Balaban J connectivity index is 1.98. The third kappa shape index (κ3) is 1.81. The summed E-state index contributed by atoms with van der Waals surface area (Å²) >= 11 is 0. The Labute approximate surface area is 104 Å². The van der Waals surface area contributed by atoms with Gasteiger partial charge in [0.1, 0.15) is 5.82 Å². The molecule has 0 spiro atoms. The van der Waals surface area contributed by atoms with Crippen LogP contribution in [0.4, 0.5) is 0 Å². The molecule has 0 bridgehead atoms. The summed E-state index contributed by atoms with van der Waals surface area (Å²) in [6.07, 6.45) is 4.95. The molecule has 2 aliphatic rings. The standard InChI is InChI=1S/C14H23N3/c1-10(2)16-8-7-12-13(9-16)17-11(3)5-4-6-14(17)15-12/h10-11H,4-9H2,1-3H3. The van der Waals surface area contributed by atoms with Crippen LogP contribution in [-0.2, 0) is 19.4 Å². The first-order valence-electron chi connectivity index (χ1n) is 6.99. The molecule has 0 aromatic carbocycles. The number of aromatic nitrogens is 2. The molecule has 0 fully saturated rings. The van der Waals surface area contributed by atoms with E-state index in [0.29, 0.717) is 12.1 Å². The molecule has 1 aromatic heterocycles. The predicted molar refractivity (Wildman–Crippen MR) is 69.1 cm³/mol. The summed E-state index contributed by atoms with van der Waals surface area (Å²) in [7, 11) is 0. The molecule has 0 amide bonds. The molecule has 1 atom stereocenters. The average molecular weight is 233 g/mol. The van der Waals surface area contributed by atoms with Crippen molar-refractivity contribution in [1.82, 2.24) is 14.5 Å². The fraction of sp³-hybridized carbons (Fsp3) is 0.786. The summed E-state index contributed by atoms with van der Waals surface area (Å²) in [5.41, 5.74) is 2.89. The van der Waals surface area contributed by atoms with Gasteiger partial charge in [0, 0.05) is 38.0 Å². The summed E-state index contributed by atoms with van der Waals surface area (Å²) in [5.74, 6) is 1.35. The molecule has 0 N–H and O–H groups in total. The third-order valence-electron chi connectivity index (χ3n) is 4.35. The van der Waals surface area contributed by atoms with Crippen molar-refractivity contribution in [3.63, 3.8) is 0 Å². The molecule has 1 unspecified atom stereocenters. The molecule has 0 aliphatic carbocycles. The van der Waals surface area contributed by atoms with Crippen molar-refractivity contribution >= 4 is 0 Å². The highest BCUT2D eigenvalue weighted by Crippen LogP contribution is 2.31. The second kappa shape index (κ2) is 4.13. The number of fused-ring (bicyclic) bond motifs is 3. The molecule has 3 heteroatoms. The van der Waals surface area contributed by atoms with Crippen LogP contribution in [0.15, 0.2) is 0 Å². The van der Waals surface area contributed by atoms with E-state index in [4.69, 9.17) is 4.98 Å². The Morgan fingerprint density at radius 1 is 1.29 bits per heavy atom. The van der Waals surface area contributed by atoms with Crippen LogP contribution >= 0.6 is 0 Å². The molecule has 0 radical (unpaired) electrons. The minimum atomic E-state index is 0.646. The highest BCUT2D eigenvalue weighted by atomic mass is 15.2. The van der Waals surface area contributed by atoms with Crippen LogP contribution in [0.5, 0.6) is 0 Å². The number of hydrogen-bond donors (Lipinski definition) is 0. The van der Waals surface area contributed by atoms with Crippen molar-refractivity contribution in [1.29, 1.82) is 0 Å². The summed E-state index contributed by atoms with van der Waals surface area (Å²) in [6.45, 7) is 9.21. The summed E-state index contributed by atoms with van der Waals surface area (Å²) in [5, 5.41) is 0.